The molecule has 2 rings (SSSR count). The highest BCUT2D eigenvalue weighted by molar-refractivity contribution is 7.09. The van der Waals surface area contributed by atoms with Crippen LogP contribution in [0, 0.1) is 12.7 Å². The van der Waals surface area contributed by atoms with Crippen LogP contribution in [0.25, 0.3) is 0 Å². The SMILES string of the molecule is Cc1csc(CNC(C)c2cccc(F)c2)n1. The van der Waals surface area contributed by atoms with Gasteiger partial charge in [0.2, 0.25) is 0 Å². The lowest BCUT2D eigenvalue weighted by Crippen LogP contribution is -2.18. The Morgan fingerprint density at radius 3 is 2.94 bits per heavy atom. The summed E-state index contributed by atoms with van der Waals surface area (Å²) in [6, 6.07) is 6.80. The molecule has 90 valence electrons. The van der Waals surface area contributed by atoms with E-state index in [1.807, 2.05) is 25.3 Å². The van der Waals surface area contributed by atoms with E-state index in [1.165, 1.54) is 6.07 Å². The molecule has 0 saturated carbocycles. The first-order valence-electron chi connectivity index (χ1n) is 5.55. The smallest absolute Gasteiger partial charge is 0.123 e. The summed E-state index contributed by atoms with van der Waals surface area (Å²) in [6.45, 7) is 4.72. The summed E-state index contributed by atoms with van der Waals surface area (Å²) in [4.78, 5) is 4.38. The lowest BCUT2D eigenvalue weighted by molar-refractivity contribution is 0.563. The number of hydrogen-bond acceptors (Lipinski definition) is 3. The first-order valence-corrected chi connectivity index (χ1v) is 6.43. The standard InChI is InChI=1S/C13H15FN2S/c1-9-8-17-13(16-9)7-15-10(2)11-4-3-5-12(14)6-11/h3-6,8,10,15H,7H2,1-2H3. The van der Waals surface area contributed by atoms with E-state index in [0.717, 1.165) is 22.8 Å². The second kappa shape index (κ2) is 5.38. The van der Waals surface area contributed by atoms with Crippen LogP contribution >= 0.6 is 11.3 Å². The third-order valence-electron chi connectivity index (χ3n) is 2.57. The van der Waals surface area contributed by atoms with Crippen LogP contribution in [-0.4, -0.2) is 4.98 Å². The summed E-state index contributed by atoms with van der Waals surface area (Å²) < 4.78 is 13.1. The minimum absolute atomic E-state index is 0.120. The van der Waals surface area contributed by atoms with Gasteiger partial charge in [-0.25, -0.2) is 9.37 Å². The summed E-state index contributed by atoms with van der Waals surface area (Å²) in [5.41, 5.74) is 2.00. The summed E-state index contributed by atoms with van der Waals surface area (Å²) in [7, 11) is 0. The molecule has 0 fully saturated rings. The van der Waals surface area contributed by atoms with E-state index in [0.29, 0.717) is 0 Å². The number of hydrogen-bond donors (Lipinski definition) is 1. The maximum absolute atomic E-state index is 13.1. The van der Waals surface area contributed by atoms with E-state index in [4.69, 9.17) is 0 Å². The van der Waals surface area contributed by atoms with E-state index in [1.54, 1.807) is 23.5 Å². The molecule has 0 spiro atoms. The van der Waals surface area contributed by atoms with Crippen LogP contribution in [0.1, 0.15) is 29.2 Å². The molecule has 2 nitrogen and oxygen atoms in total. The molecule has 17 heavy (non-hydrogen) atoms. The Balaban J connectivity index is 1.95. The third-order valence-corrected chi connectivity index (χ3v) is 3.54. The molecule has 1 heterocycles. The first-order chi connectivity index (χ1) is 8.15. The molecule has 1 unspecified atom stereocenters. The van der Waals surface area contributed by atoms with Gasteiger partial charge in [-0.3, -0.25) is 0 Å². The molecule has 1 aromatic carbocycles. The van der Waals surface area contributed by atoms with Crippen molar-refractivity contribution in [2.24, 2.45) is 0 Å². The maximum Gasteiger partial charge on any atom is 0.123 e. The minimum atomic E-state index is -0.193. The Hall–Kier alpha value is -1.26. The fourth-order valence-corrected chi connectivity index (χ4v) is 2.34. The van der Waals surface area contributed by atoms with Gasteiger partial charge in [0.15, 0.2) is 0 Å². The largest absolute Gasteiger partial charge is 0.304 e. The molecule has 0 amide bonds. The third kappa shape index (κ3) is 3.35. The number of aromatic nitrogens is 1. The fraction of sp³-hybridized carbons (Fsp3) is 0.308. The Morgan fingerprint density at radius 2 is 2.29 bits per heavy atom. The van der Waals surface area contributed by atoms with Crippen molar-refractivity contribution in [2.75, 3.05) is 0 Å². The van der Waals surface area contributed by atoms with E-state index in [9.17, 15) is 4.39 Å². The zero-order valence-electron chi connectivity index (χ0n) is 9.90. The number of halogens is 1. The Kier molecular flexibility index (Phi) is 3.86. The number of nitrogens with one attached hydrogen (secondary N) is 1. The molecule has 0 aliphatic heterocycles. The Bertz CT molecular complexity index is 496. The monoisotopic (exact) mass is 250 g/mol. The highest BCUT2D eigenvalue weighted by atomic mass is 32.1. The first kappa shape index (κ1) is 12.2. The molecule has 2 aromatic rings. The Labute approximate surface area is 105 Å². The van der Waals surface area contributed by atoms with Gasteiger partial charge >= 0.3 is 0 Å². The van der Waals surface area contributed by atoms with Gasteiger partial charge in [0.05, 0.1) is 0 Å². The van der Waals surface area contributed by atoms with Crippen molar-refractivity contribution in [3.8, 4) is 0 Å². The predicted octanol–water partition coefficient (Wildman–Crippen LogP) is 3.44. The van der Waals surface area contributed by atoms with Crippen LogP contribution < -0.4 is 5.32 Å². The van der Waals surface area contributed by atoms with Crippen LogP contribution in [0.5, 0.6) is 0 Å². The van der Waals surface area contributed by atoms with Crippen LogP contribution in [0.4, 0.5) is 4.39 Å². The number of aryl methyl sites for hydroxylation is 1. The molecule has 0 aliphatic rings. The second-order valence-corrected chi connectivity index (χ2v) is 4.98. The Morgan fingerprint density at radius 1 is 1.47 bits per heavy atom. The zero-order chi connectivity index (χ0) is 12.3. The van der Waals surface area contributed by atoms with Crippen molar-refractivity contribution in [3.05, 3.63) is 51.7 Å². The highest BCUT2D eigenvalue weighted by Crippen LogP contribution is 2.15. The number of nitrogens with zero attached hydrogens (tertiary/aromatic N) is 1. The topological polar surface area (TPSA) is 24.9 Å². The summed E-state index contributed by atoms with van der Waals surface area (Å²) >= 11 is 1.64. The van der Waals surface area contributed by atoms with E-state index in [-0.39, 0.29) is 11.9 Å². The minimum Gasteiger partial charge on any atom is -0.304 e. The summed E-state index contributed by atoms with van der Waals surface area (Å²) in [5, 5.41) is 6.43. The summed E-state index contributed by atoms with van der Waals surface area (Å²) in [6.07, 6.45) is 0. The quantitative estimate of drug-likeness (QED) is 0.899. The van der Waals surface area contributed by atoms with Gasteiger partial charge < -0.3 is 5.32 Å². The lowest BCUT2D eigenvalue weighted by atomic mass is 10.1. The lowest BCUT2D eigenvalue weighted by Gasteiger charge is -2.13. The molecule has 0 saturated heterocycles. The molecule has 1 N–H and O–H groups in total. The molecular formula is C13H15FN2S. The highest BCUT2D eigenvalue weighted by Gasteiger charge is 2.06. The van der Waals surface area contributed by atoms with Gasteiger partial charge in [-0.05, 0) is 31.5 Å². The second-order valence-electron chi connectivity index (χ2n) is 4.04. The predicted molar refractivity (Wildman–Crippen MR) is 68.5 cm³/mol. The van der Waals surface area contributed by atoms with Gasteiger partial charge in [-0.1, -0.05) is 12.1 Å². The molecule has 1 atom stereocenters. The average Bonchev–Trinajstić information content (AvgIpc) is 2.72. The van der Waals surface area contributed by atoms with Crippen molar-refractivity contribution in [1.82, 2.24) is 10.3 Å². The van der Waals surface area contributed by atoms with Crippen molar-refractivity contribution in [3.63, 3.8) is 0 Å². The van der Waals surface area contributed by atoms with Crippen molar-refractivity contribution >= 4 is 11.3 Å². The molecule has 0 aliphatic carbocycles. The maximum atomic E-state index is 13.1. The molecule has 1 aromatic heterocycles. The van der Waals surface area contributed by atoms with E-state index < -0.39 is 0 Å². The van der Waals surface area contributed by atoms with Gasteiger partial charge in [0.1, 0.15) is 10.8 Å². The number of benzene rings is 1. The number of thiazole rings is 1. The molecular weight excluding hydrogens is 235 g/mol. The normalized spacial score (nSPS) is 12.6. The average molecular weight is 250 g/mol. The van der Waals surface area contributed by atoms with Gasteiger partial charge in [0.25, 0.3) is 0 Å². The van der Waals surface area contributed by atoms with Crippen LogP contribution in [0.3, 0.4) is 0 Å². The van der Waals surface area contributed by atoms with Gasteiger partial charge in [0, 0.05) is 23.7 Å². The van der Waals surface area contributed by atoms with Crippen molar-refractivity contribution in [2.45, 2.75) is 26.4 Å². The van der Waals surface area contributed by atoms with Crippen molar-refractivity contribution in [1.29, 1.82) is 0 Å². The van der Waals surface area contributed by atoms with Gasteiger partial charge in [-0.2, -0.15) is 0 Å². The molecule has 0 bridgehead atoms. The van der Waals surface area contributed by atoms with Crippen LogP contribution in [0.2, 0.25) is 0 Å². The summed E-state index contributed by atoms with van der Waals surface area (Å²) in [5.74, 6) is -0.193. The number of rotatable bonds is 4. The van der Waals surface area contributed by atoms with Crippen molar-refractivity contribution < 1.29 is 4.39 Å². The molecule has 0 radical (unpaired) electrons. The van der Waals surface area contributed by atoms with Gasteiger partial charge in [-0.15, -0.1) is 11.3 Å². The van der Waals surface area contributed by atoms with E-state index >= 15 is 0 Å². The molecule has 4 heteroatoms. The zero-order valence-corrected chi connectivity index (χ0v) is 10.7. The van der Waals surface area contributed by atoms with Crippen LogP contribution in [-0.2, 0) is 6.54 Å². The fourth-order valence-electron chi connectivity index (χ4n) is 1.62. The van der Waals surface area contributed by atoms with Crippen LogP contribution in [0.15, 0.2) is 29.6 Å². The van der Waals surface area contributed by atoms with E-state index in [2.05, 4.69) is 10.3 Å².